The van der Waals surface area contributed by atoms with Crippen LogP contribution < -0.4 is 24.8 Å². The maximum absolute atomic E-state index is 7.44. The van der Waals surface area contributed by atoms with Gasteiger partial charge in [-0.3, -0.25) is 8.88 Å². The molecule has 6 rings (SSSR count). The van der Waals surface area contributed by atoms with E-state index in [4.69, 9.17) is 15.8 Å². The Labute approximate surface area is 226 Å². The summed E-state index contributed by atoms with van der Waals surface area (Å²) in [5, 5.41) is 3.65. The molecule has 0 fully saturated rings. The Morgan fingerprint density at radius 3 is 1.41 bits per heavy atom. The number of nitrogens with zero attached hydrogens (tertiary/aromatic N) is 3. The summed E-state index contributed by atoms with van der Waals surface area (Å²) in [6.07, 6.45) is 0. The van der Waals surface area contributed by atoms with Crippen LogP contribution in [0.5, 0.6) is 0 Å². The molecule has 2 unspecified atom stereocenters. The Hall–Kier alpha value is -2.92. The molecule has 1 aliphatic heterocycles. The van der Waals surface area contributed by atoms with Gasteiger partial charge in [0.2, 0.25) is 7.58 Å². The zero-order valence-electron chi connectivity index (χ0n) is 20.0. The van der Waals surface area contributed by atoms with Crippen LogP contribution in [-0.4, -0.2) is 0 Å². The molecule has 37 heavy (non-hydrogen) atoms. The molecule has 0 N–H and O–H groups in total. The molecule has 0 aliphatic carbocycles. The van der Waals surface area contributed by atoms with Crippen molar-refractivity contribution in [2.75, 3.05) is 8.88 Å². The van der Waals surface area contributed by atoms with Gasteiger partial charge in [-0.15, -0.1) is 0 Å². The van der Waals surface area contributed by atoms with Crippen LogP contribution in [0.3, 0.4) is 0 Å². The van der Waals surface area contributed by atoms with Crippen LogP contribution in [-0.2, 0) is 0 Å². The van der Waals surface area contributed by atoms with Crippen LogP contribution in [0, 0.1) is 0 Å². The van der Waals surface area contributed by atoms with Gasteiger partial charge in [-0.25, -0.2) is 4.52 Å². The molecule has 182 valence electrons. The Morgan fingerprint density at radius 1 is 0.514 bits per heavy atom. The number of benzene rings is 5. The second-order valence-electron chi connectivity index (χ2n) is 8.48. The van der Waals surface area contributed by atoms with Crippen molar-refractivity contribution in [3.63, 3.8) is 0 Å². The van der Waals surface area contributed by atoms with Gasteiger partial charge >= 0.3 is 0 Å². The summed E-state index contributed by atoms with van der Waals surface area (Å²) in [6.45, 7) is 0. The Kier molecular flexibility index (Phi) is 7.14. The lowest BCUT2D eigenvalue weighted by Crippen LogP contribution is -2.38. The maximum atomic E-state index is 7.44. The van der Waals surface area contributed by atoms with Crippen molar-refractivity contribution < 1.29 is 0 Å². The van der Waals surface area contributed by atoms with Crippen LogP contribution in [0.25, 0.3) is 0 Å². The Balaban J connectivity index is 1.75. The molecule has 5 aromatic carbocycles. The second kappa shape index (κ2) is 10.8. The van der Waals surface area contributed by atoms with E-state index < -0.39 is 23.0 Å². The van der Waals surface area contributed by atoms with Crippen molar-refractivity contribution in [1.82, 2.24) is 0 Å². The summed E-state index contributed by atoms with van der Waals surface area (Å²) in [5.41, 5.74) is 2.23. The first kappa shape index (κ1) is 24.4. The fraction of sp³-hybridized carbons (Fsp3) is 0. The van der Waals surface area contributed by atoms with Crippen molar-refractivity contribution >= 4 is 61.5 Å². The molecular weight excluding hydrogens is 531 g/mol. The van der Waals surface area contributed by atoms with Gasteiger partial charge in [0.25, 0.3) is 0 Å². The summed E-state index contributed by atoms with van der Waals surface area (Å²) < 4.78 is 10.6. The van der Waals surface area contributed by atoms with Gasteiger partial charge < -0.3 is 0 Å². The van der Waals surface area contributed by atoms with Crippen molar-refractivity contribution in [2.45, 2.75) is 0 Å². The Morgan fingerprint density at radius 2 is 0.919 bits per heavy atom. The van der Waals surface area contributed by atoms with E-state index in [0.717, 1.165) is 11.4 Å². The molecule has 2 atom stereocenters. The van der Waals surface area contributed by atoms with Crippen molar-refractivity contribution in [2.24, 2.45) is 4.52 Å². The quantitative estimate of drug-likeness (QED) is 0.202. The lowest BCUT2D eigenvalue weighted by atomic mass is 10.3. The highest BCUT2D eigenvalue weighted by molar-refractivity contribution is 8.06. The molecule has 0 saturated heterocycles. The minimum atomic E-state index is -2.52. The highest BCUT2D eigenvalue weighted by atomic mass is 35.7. The van der Waals surface area contributed by atoms with E-state index in [2.05, 4.69) is 154 Å². The summed E-state index contributed by atoms with van der Waals surface area (Å²) in [4.78, 5) is 0. The number of hydrogen-bond acceptors (Lipinski definition) is 3. The SMILES string of the molecule is ClP1N=P(c2ccccc2)(c2ccccc2)N(c2ccccc2)P(c2ccccc2)N1c1ccccc1. The first-order chi connectivity index (χ1) is 18.3. The number of hydrogen-bond donors (Lipinski definition) is 0. The third-order valence-corrected chi connectivity index (χ3v) is 16.8. The molecule has 7 heteroatoms. The Bertz CT molecular complexity index is 1460. The molecule has 3 nitrogen and oxygen atoms in total. The second-order valence-corrected chi connectivity index (χ2v) is 16.1. The number of para-hydroxylation sites is 2. The molecule has 1 heterocycles. The fourth-order valence-corrected chi connectivity index (χ4v) is 17.1. The first-order valence-corrected chi connectivity index (χ1v) is 17.1. The van der Waals surface area contributed by atoms with E-state index in [1.165, 1.54) is 15.9 Å². The van der Waals surface area contributed by atoms with E-state index >= 15 is 0 Å². The first-order valence-electron chi connectivity index (χ1n) is 12.0. The van der Waals surface area contributed by atoms with Crippen molar-refractivity contribution in [3.05, 3.63) is 152 Å². The fourth-order valence-electron chi connectivity index (χ4n) is 4.58. The van der Waals surface area contributed by atoms with Gasteiger partial charge in [-0.1, -0.05) is 127 Å². The monoisotopic (exact) mass is 555 g/mol. The van der Waals surface area contributed by atoms with Gasteiger partial charge in [0.1, 0.15) is 15.4 Å². The molecule has 0 amide bonds. The van der Waals surface area contributed by atoms with Crippen molar-refractivity contribution in [1.29, 1.82) is 0 Å². The predicted octanol–water partition coefficient (Wildman–Crippen LogP) is 8.88. The van der Waals surface area contributed by atoms with E-state index in [1.807, 2.05) is 6.07 Å². The molecule has 0 bridgehead atoms. The average Bonchev–Trinajstić information content (AvgIpc) is 2.99. The van der Waals surface area contributed by atoms with Crippen LogP contribution >= 0.6 is 34.2 Å². The number of halogens is 1. The molecule has 0 radical (unpaired) electrons. The van der Waals surface area contributed by atoms with Crippen LogP contribution in [0.15, 0.2) is 156 Å². The third kappa shape index (κ3) is 4.52. The molecular formula is C30H25ClN3P3. The molecule has 0 aromatic heterocycles. The molecule has 5 aromatic rings. The lowest BCUT2D eigenvalue weighted by Gasteiger charge is -2.52. The van der Waals surface area contributed by atoms with Gasteiger partial charge in [-0.2, -0.15) is 0 Å². The van der Waals surface area contributed by atoms with Crippen LogP contribution in [0.4, 0.5) is 11.4 Å². The highest BCUT2D eigenvalue weighted by Crippen LogP contribution is 2.79. The number of anilines is 2. The lowest BCUT2D eigenvalue weighted by molar-refractivity contribution is 1.46. The van der Waals surface area contributed by atoms with Crippen LogP contribution in [0.2, 0.25) is 0 Å². The van der Waals surface area contributed by atoms with Crippen molar-refractivity contribution in [3.8, 4) is 0 Å². The molecule has 0 spiro atoms. The standard InChI is InChI=1S/C30H25ClN3P3/c31-36-32-37(29-22-12-4-13-23-29,30-24-14-5-15-25-30)34(27-18-8-2-9-19-27)35(28-20-10-3-11-21-28)33(36)26-16-6-1-7-17-26/h1-25H. The van der Waals surface area contributed by atoms with E-state index in [0.29, 0.717) is 0 Å². The van der Waals surface area contributed by atoms with E-state index in [9.17, 15) is 0 Å². The van der Waals surface area contributed by atoms with E-state index in [-0.39, 0.29) is 0 Å². The summed E-state index contributed by atoms with van der Waals surface area (Å²) >= 11 is 7.44. The minimum absolute atomic E-state index is 1.09. The molecule has 1 aliphatic rings. The molecule has 0 saturated carbocycles. The maximum Gasteiger partial charge on any atom is 0.223 e. The van der Waals surface area contributed by atoms with E-state index in [1.54, 1.807) is 0 Å². The smallest absolute Gasteiger partial charge is 0.223 e. The number of rotatable bonds is 5. The summed E-state index contributed by atoms with van der Waals surface area (Å²) in [5.74, 6) is 0. The average molecular weight is 556 g/mol. The largest absolute Gasteiger partial charge is 0.288 e. The van der Waals surface area contributed by atoms with Gasteiger partial charge in [0, 0.05) is 27.3 Å². The topological polar surface area (TPSA) is 18.8 Å². The summed E-state index contributed by atoms with van der Waals surface area (Å²) in [7, 11) is -5.00. The minimum Gasteiger partial charge on any atom is -0.288 e. The van der Waals surface area contributed by atoms with Gasteiger partial charge in [-0.05, 0) is 35.5 Å². The van der Waals surface area contributed by atoms with Gasteiger partial charge in [0.05, 0.1) is 0 Å². The third-order valence-electron chi connectivity index (χ3n) is 6.19. The predicted molar refractivity (Wildman–Crippen MR) is 165 cm³/mol. The zero-order valence-corrected chi connectivity index (χ0v) is 23.4. The summed E-state index contributed by atoms with van der Waals surface area (Å²) in [6, 6.07) is 53.5. The van der Waals surface area contributed by atoms with Gasteiger partial charge in [0.15, 0.2) is 0 Å². The van der Waals surface area contributed by atoms with Crippen LogP contribution in [0.1, 0.15) is 0 Å². The normalized spacial score (nSPS) is 18.7. The zero-order chi connectivity index (χ0) is 25.1. The highest BCUT2D eigenvalue weighted by Gasteiger charge is 2.47.